The van der Waals surface area contributed by atoms with Crippen molar-refractivity contribution in [3.05, 3.63) is 69.9 Å². The quantitative estimate of drug-likeness (QED) is 0.613. The Kier molecular flexibility index (Phi) is 6.48. The molecular weight excluding hydrogens is 426 g/mol. The van der Waals surface area contributed by atoms with E-state index in [2.05, 4.69) is 5.32 Å². The van der Waals surface area contributed by atoms with E-state index in [0.717, 1.165) is 11.1 Å². The number of piperazine rings is 1. The summed E-state index contributed by atoms with van der Waals surface area (Å²) in [5.74, 6) is -0.567. The zero-order chi connectivity index (χ0) is 23.4. The van der Waals surface area contributed by atoms with E-state index in [-0.39, 0.29) is 30.3 Å². The summed E-state index contributed by atoms with van der Waals surface area (Å²) in [6.45, 7) is 3.37. The number of hydrogen-bond donors (Lipinski definition) is 2. The van der Waals surface area contributed by atoms with E-state index in [1.54, 1.807) is 28.0 Å². The molecule has 4 rings (SSSR count). The Hall–Kier alpha value is -4.01. The normalized spacial score (nSPS) is 13.7. The van der Waals surface area contributed by atoms with Crippen LogP contribution in [0.3, 0.4) is 0 Å². The maximum atomic E-state index is 12.8. The van der Waals surface area contributed by atoms with Gasteiger partial charge in [-0.2, -0.15) is 0 Å². The first kappa shape index (κ1) is 22.2. The summed E-state index contributed by atoms with van der Waals surface area (Å²) in [7, 11) is 0. The van der Waals surface area contributed by atoms with Crippen LogP contribution in [0.25, 0.3) is 11.0 Å². The summed E-state index contributed by atoms with van der Waals surface area (Å²) in [5, 5.41) is 13.4. The molecule has 0 saturated carbocycles. The van der Waals surface area contributed by atoms with Crippen LogP contribution in [0, 0.1) is 0 Å². The van der Waals surface area contributed by atoms with Gasteiger partial charge in [0.2, 0.25) is 23.0 Å². The molecule has 0 radical (unpaired) electrons. The number of hydrogen-bond acceptors (Lipinski definition) is 7. The zero-order valence-electron chi connectivity index (χ0n) is 18.2. The van der Waals surface area contributed by atoms with Crippen molar-refractivity contribution in [1.82, 2.24) is 10.2 Å². The SMILES string of the molecule is CC(=O)NCc1ccc2oc(N3CCN(C(=O)OCc4ccccc4)CC3)c(O)c(=O)c2c1. The summed E-state index contributed by atoms with van der Waals surface area (Å²) in [6, 6.07) is 14.4. The van der Waals surface area contributed by atoms with E-state index < -0.39 is 17.3 Å². The highest BCUT2D eigenvalue weighted by atomic mass is 16.6. The fraction of sp³-hybridized carbons (Fsp3) is 0.292. The zero-order valence-corrected chi connectivity index (χ0v) is 18.2. The number of ether oxygens (including phenoxy) is 1. The molecule has 0 aliphatic carbocycles. The molecule has 1 aliphatic heterocycles. The van der Waals surface area contributed by atoms with Crippen molar-refractivity contribution < 1.29 is 23.8 Å². The molecule has 3 aromatic rings. The maximum Gasteiger partial charge on any atom is 0.410 e. The van der Waals surface area contributed by atoms with Gasteiger partial charge >= 0.3 is 6.09 Å². The highest BCUT2D eigenvalue weighted by Gasteiger charge is 2.27. The van der Waals surface area contributed by atoms with Gasteiger partial charge < -0.3 is 29.4 Å². The Morgan fingerprint density at radius 1 is 1.06 bits per heavy atom. The molecule has 33 heavy (non-hydrogen) atoms. The van der Waals surface area contributed by atoms with Crippen LogP contribution in [0.4, 0.5) is 10.7 Å². The third-order valence-corrected chi connectivity index (χ3v) is 5.48. The lowest BCUT2D eigenvalue weighted by molar-refractivity contribution is -0.119. The van der Waals surface area contributed by atoms with Crippen LogP contribution in [-0.2, 0) is 22.7 Å². The Balaban J connectivity index is 1.42. The molecule has 172 valence electrons. The first-order valence-electron chi connectivity index (χ1n) is 10.7. The van der Waals surface area contributed by atoms with E-state index in [4.69, 9.17) is 9.15 Å². The second kappa shape index (κ2) is 9.64. The van der Waals surface area contributed by atoms with Gasteiger partial charge in [-0.1, -0.05) is 36.4 Å². The van der Waals surface area contributed by atoms with Crippen LogP contribution in [0.15, 0.2) is 57.7 Å². The summed E-state index contributed by atoms with van der Waals surface area (Å²) in [5.41, 5.74) is 1.43. The molecule has 2 heterocycles. The summed E-state index contributed by atoms with van der Waals surface area (Å²) < 4.78 is 11.2. The van der Waals surface area contributed by atoms with E-state index >= 15 is 0 Å². The van der Waals surface area contributed by atoms with Crippen LogP contribution < -0.4 is 15.6 Å². The minimum atomic E-state index is -0.541. The number of benzene rings is 2. The van der Waals surface area contributed by atoms with Crippen molar-refractivity contribution in [2.24, 2.45) is 0 Å². The summed E-state index contributed by atoms with van der Waals surface area (Å²) in [6.07, 6.45) is -0.408. The average molecular weight is 451 g/mol. The van der Waals surface area contributed by atoms with E-state index in [1.165, 1.54) is 6.92 Å². The second-order valence-electron chi connectivity index (χ2n) is 7.84. The minimum absolute atomic E-state index is 0.0828. The van der Waals surface area contributed by atoms with Gasteiger partial charge in [0, 0.05) is 39.6 Å². The minimum Gasteiger partial charge on any atom is -0.500 e. The predicted octanol–water partition coefficient (Wildman–Crippen LogP) is 2.59. The standard InChI is InChI=1S/C24H25N3O6/c1-16(28)25-14-18-7-8-20-19(13-18)21(29)22(30)23(33-20)26-9-11-27(12-10-26)24(31)32-15-17-5-3-2-4-6-17/h2-8,13,30H,9-12,14-15H2,1H3,(H,25,28). The van der Waals surface area contributed by atoms with Crippen LogP contribution in [0.1, 0.15) is 18.1 Å². The third kappa shape index (κ3) is 5.08. The van der Waals surface area contributed by atoms with Gasteiger partial charge in [-0.3, -0.25) is 9.59 Å². The predicted molar refractivity (Wildman–Crippen MR) is 122 cm³/mol. The number of nitrogens with zero attached hydrogens (tertiary/aromatic N) is 2. The molecule has 9 nitrogen and oxygen atoms in total. The fourth-order valence-electron chi connectivity index (χ4n) is 3.67. The van der Waals surface area contributed by atoms with Gasteiger partial charge in [0.1, 0.15) is 12.2 Å². The molecule has 1 fully saturated rings. The van der Waals surface area contributed by atoms with Crippen molar-refractivity contribution >= 4 is 28.9 Å². The van der Waals surface area contributed by atoms with Crippen LogP contribution in [-0.4, -0.2) is 48.2 Å². The molecule has 1 aliphatic rings. The Bertz CT molecular complexity index is 1220. The molecule has 0 unspecified atom stereocenters. The smallest absolute Gasteiger partial charge is 0.410 e. The van der Waals surface area contributed by atoms with Crippen molar-refractivity contribution in [2.45, 2.75) is 20.1 Å². The number of anilines is 1. The second-order valence-corrected chi connectivity index (χ2v) is 7.84. The van der Waals surface area contributed by atoms with Crippen LogP contribution in [0.2, 0.25) is 0 Å². The fourth-order valence-corrected chi connectivity index (χ4v) is 3.67. The number of fused-ring (bicyclic) bond motifs is 1. The van der Waals surface area contributed by atoms with Crippen LogP contribution in [0.5, 0.6) is 5.75 Å². The number of carbonyl (C=O) groups excluding carboxylic acids is 2. The lowest BCUT2D eigenvalue weighted by atomic mass is 10.1. The topological polar surface area (TPSA) is 112 Å². The van der Waals surface area contributed by atoms with Gasteiger partial charge in [-0.05, 0) is 23.3 Å². The molecule has 2 aromatic carbocycles. The summed E-state index contributed by atoms with van der Waals surface area (Å²) >= 11 is 0. The molecule has 1 aromatic heterocycles. The molecule has 0 bridgehead atoms. The van der Waals surface area contributed by atoms with E-state index in [9.17, 15) is 19.5 Å². The molecule has 2 N–H and O–H groups in total. The Labute approximate surface area is 190 Å². The number of rotatable bonds is 5. The van der Waals surface area contributed by atoms with Crippen molar-refractivity contribution in [1.29, 1.82) is 0 Å². The molecule has 2 amide bonds. The molecule has 1 saturated heterocycles. The molecule has 0 atom stereocenters. The monoisotopic (exact) mass is 451 g/mol. The third-order valence-electron chi connectivity index (χ3n) is 5.48. The maximum absolute atomic E-state index is 12.8. The van der Waals surface area contributed by atoms with Gasteiger partial charge in [0.25, 0.3) is 0 Å². The van der Waals surface area contributed by atoms with Gasteiger partial charge in [0.05, 0.1) is 5.39 Å². The molecule has 9 heteroatoms. The average Bonchev–Trinajstić information content (AvgIpc) is 2.84. The highest BCUT2D eigenvalue weighted by Crippen LogP contribution is 2.29. The van der Waals surface area contributed by atoms with Crippen LogP contribution >= 0.6 is 0 Å². The van der Waals surface area contributed by atoms with Gasteiger partial charge in [-0.15, -0.1) is 0 Å². The van der Waals surface area contributed by atoms with Crippen molar-refractivity contribution in [3.8, 4) is 5.75 Å². The number of nitrogens with one attached hydrogen (secondary N) is 1. The summed E-state index contributed by atoms with van der Waals surface area (Å²) in [4.78, 5) is 39.6. The van der Waals surface area contributed by atoms with Gasteiger partial charge in [-0.25, -0.2) is 4.79 Å². The van der Waals surface area contributed by atoms with E-state index in [0.29, 0.717) is 31.8 Å². The highest BCUT2D eigenvalue weighted by molar-refractivity contribution is 5.81. The van der Waals surface area contributed by atoms with Crippen molar-refractivity contribution in [2.75, 3.05) is 31.1 Å². The largest absolute Gasteiger partial charge is 0.500 e. The number of carbonyl (C=O) groups is 2. The lowest BCUT2D eigenvalue weighted by Gasteiger charge is -2.34. The molecular formula is C24H25N3O6. The Morgan fingerprint density at radius 2 is 1.79 bits per heavy atom. The van der Waals surface area contributed by atoms with E-state index in [1.807, 2.05) is 30.3 Å². The number of amides is 2. The Morgan fingerprint density at radius 3 is 2.48 bits per heavy atom. The number of aromatic hydroxyl groups is 1. The molecule has 0 spiro atoms. The van der Waals surface area contributed by atoms with Crippen molar-refractivity contribution in [3.63, 3.8) is 0 Å². The first-order valence-corrected chi connectivity index (χ1v) is 10.7. The van der Waals surface area contributed by atoms with Gasteiger partial charge in [0.15, 0.2) is 0 Å². The lowest BCUT2D eigenvalue weighted by Crippen LogP contribution is -2.49. The first-order chi connectivity index (χ1) is 15.9.